The Bertz CT molecular complexity index is 1410. The Kier molecular flexibility index (Phi) is 4.88. The molecule has 2 N–H and O–H groups in total. The fourth-order valence-corrected chi connectivity index (χ4v) is 3.87. The number of fused-ring (bicyclic) bond motifs is 2. The third-order valence-corrected chi connectivity index (χ3v) is 5.43. The Morgan fingerprint density at radius 1 is 0.688 bits per heavy atom. The SMILES string of the molecule is O=C1NC(=O)C(=Cc2c(OCc3cccc4ccccc34)ccc3ccccc23)C(=O)N1. The molecule has 0 unspecified atom stereocenters. The van der Waals surface area contributed by atoms with Crippen LogP contribution < -0.4 is 15.4 Å². The Balaban J connectivity index is 1.58. The van der Waals surface area contributed by atoms with Gasteiger partial charge in [0.05, 0.1) is 0 Å². The highest BCUT2D eigenvalue weighted by molar-refractivity contribution is 6.31. The van der Waals surface area contributed by atoms with Crippen molar-refractivity contribution in [3.63, 3.8) is 0 Å². The van der Waals surface area contributed by atoms with Crippen LogP contribution in [0, 0.1) is 0 Å². The molecule has 0 radical (unpaired) electrons. The molecule has 0 aromatic heterocycles. The van der Waals surface area contributed by atoms with Gasteiger partial charge in [-0.15, -0.1) is 0 Å². The fraction of sp³-hybridized carbons (Fsp3) is 0.0385. The number of urea groups is 1. The van der Waals surface area contributed by atoms with Gasteiger partial charge >= 0.3 is 6.03 Å². The molecule has 0 aliphatic carbocycles. The Morgan fingerprint density at radius 2 is 1.31 bits per heavy atom. The van der Waals surface area contributed by atoms with Gasteiger partial charge in [-0.05, 0) is 39.3 Å². The molecule has 4 aromatic carbocycles. The number of nitrogens with one attached hydrogen (secondary N) is 2. The summed E-state index contributed by atoms with van der Waals surface area (Å²) in [5.74, 6) is -0.958. The number of hydrogen-bond donors (Lipinski definition) is 2. The van der Waals surface area contributed by atoms with Crippen LogP contribution in [-0.2, 0) is 16.2 Å². The zero-order chi connectivity index (χ0) is 22.1. The largest absolute Gasteiger partial charge is 0.488 e. The fourth-order valence-electron chi connectivity index (χ4n) is 3.87. The second-order valence-corrected chi connectivity index (χ2v) is 7.42. The molecule has 4 amide bonds. The summed E-state index contributed by atoms with van der Waals surface area (Å²) in [6.07, 6.45) is 1.47. The lowest BCUT2D eigenvalue weighted by atomic mass is 10.00. The van der Waals surface area contributed by atoms with E-state index in [1.807, 2.05) is 78.9 Å². The Morgan fingerprint density at radius 3 is 2.06 bits per heavy atom. The monoisotopic (exact) mass is 422 g/mol. The third kappa shape index (κ3) is 3.58. The molecule has 6 nitrogen and oxygen atoms in total. The number of ether oxygens (including phenoxy) is 1. The average molecular weight is 422 g/mol. The van der Waals surface area contributed by atoms with Gasteiger partial charge in [-0.2, -0.15) is 0 Å². The van der Waals surface area contributed by atoms with Crippen LogP contribution in [0.15, 0.2) is 84.4 Å². The van der Waals surface area contributed by atoms with Gasteiger partial charge in [0.15, 0.2) is 0 Å². The summed E-state index contributed by atoms with van der Waals surface area (Å²) in [5, 5.41) is 8.19. The molecule has 0 bridgehead atoms. The van der Waals surface area contributed by atoms with Crippen LogP contribution in [0.3, 0.4) is 0 Å². The molecule has 32 heavy (non-hydrogen) atoms. The van der Waals surface area contributed by atoms with Gasteiger partial charge in [-0.1, -0.05) is 72.8 Å². The van der Waals surface area contributed by atoms with Gasteiger partial charge < -0.3 is 4.74 Å². The highest BCUT2D eigenvalue weighted by Gasteiger charge is 2.28. The van der Waals surface area contributed by atoms with Crippen molar-refractivity contribution in [3.8, 4) is 5.75 Å². The van der Waals surface area contributed by atoms with Gasteiger partial charge in [0, 0.05) is 5.56 Å². The standard InChI is InChI=1S/C26H18N2O4/c29-24-22(25(30)28-26(31)27-24)14-21-20-11-4-2-7-17(20)12-13-23(21)32-15-18-9-5-8-16-6-1-3-10-19(16)18/h1-14H,15H2,(H2,27,28,29,30,31). The summed E-state index contributed by atoms with van der Waals surface area (Å²) in [6, 6.07) is 24.7. The third-order valence-electron chi connectivity index (χ3n) is 5.43. The van der Waals surface area contributed by atoms with E-state index in [-0.39, 0.29) is 5.57 Å². The number of carbonyl (C=O) groups is 3. The van der Waals surface area contributed by atoms with Crippen molar-refractivity contribution in [1.29, 1.82) is 0 Å². The number of imide groups is 2. The van der Waals surface area contributed by atoms with E-state index in [2.05, 4.69) is 10.6 Å². The molecule has 1 fully saturated rings. The number of barbiturate groups is 1. The zero-order valence-corrected chi connectivity index (χ0v) is 16.9. The number of hydrogen-bond acceptors (Lipinski definition) is 4. The summed E-state index contributed by atoms with van der Waals surface area (Å²) < 4.78 is 6.20. The topological polar surface area (TPSA) is 84.5 Å². The quantitative estimate of drug-likeness (QED) is 0.379. The second-order valence-electron chi connectivity index (χ2n) is 7.42. The van der Waals surface area contributed by atoms with Crippen molar-refractivity contribution in [2.45, 2.75) is 6.61 Å². The average Bonchev–Trinajstić information content (AvgIpc) is 2.80. The van der Waals surface area contributed by atoms with E-state index in [0.717, 1.165) is 27.1 Å². The van der Waals surface area contributed by atoms with E-state index in [4.69, 9.17) is 4.74 Å². The molecule has 5 rings (SSSR count). The summed E-state index contributed by atoms with van der Waals surface area (Å²) in [6.45, 7) is 0.312. The minimum atomic E-state index is -0.831. The highest BCUT2D eigenvalue weighted by Crippen LogP contribution is 2.32. The van der Waals surface area contributed by atoms with E-state index in [1.165, 1.54) is 6.08 Å². The van der Waals surface area contributed by atoms with Gasteiger partial charge in [0.1, 0.15) is 17.9 Å². The van der Waals surface area contributed by atoms with Crippen molar-refractivity contribution in [3.05, 3.63) is 95.6 Å². The van der Waals surface area contributed by atoms with Gasteiger partial charge in [0.2, 0.25) is 0 Å². The van der Waals surface area contributed by atoms with Crippen LogP contribution in [0.25, 0.3) is 27.6 Å². The summed E-state index contributed by atoms with van der Waals surface area (Å²) >= 11 is 0. The highest BCUT2D eigenvalue weighted by atomic mass is 16.5. The molecular weight excluding hydrogens is 404 g/mol. The first-order valence-electron chi connectivity index (χ1n) is 10.1. The van der Waals surface area contributed by atoms with E-state index >= 15 is 0 Å². The van der Waals surface area contributed by atoms with Crippen molar-refractivity contribution < 1.29 is 19.1 Å². The molecule has 6 heteroatoms. The molecular formula is C26H18N2O4. The van der Waals surface area contributed by atoms with Gasteiger partial charge in [0.25, 0.3) is 11.8 Å². The minimum absolute atomic E-state index is 0.157. The van der Waals surface area contributed by atoms with Crippen LogP contribution in [0.4, 0.5) is 4.79 Å². The zero-order valence-electron chi connectivity index (χ0n) is 16.9. The van der Waals surface area contributed by atoms with E-state index in [9.17, 15) is 14.4 Å². The lowest BCUT2D eigenvalue weighted by Gasteiger charge is -2.17. The van der Waals surface area contributed by atoms with Crippen molar-refractivity contribution >= 4 is 45.5 Å². The number of amides is 4. The predicted molar refractivity (Wildman–Crippen MR) is 122 cm³/mol. The lowest BCUT2D eigenvalue weighted by molar-refractivity contribution is -0.123. The van der Waals surface area contributed by atoms with Crippen LogP contribution >= 0.6 is 0 Å². The summed E-state index contributed by atoms with van der Waals surface area (Å²) in [5.41, 5.74) is 1.46. The molecule has 0 atom stereocenters. The molecule has 4 aromatic rings. The summed E-state index contributed by atoms with van der Waals surface area (Å²) in [4.78, 5) is 36.0. The molecule has 1 aliphatic rings. The number of rotatable bonds is 4. The van der Waals surface area contributed by atoms with Crippen LogP contribution in [0.2, 0.25) is 0 Å². The first-order valence-corrected chi connectivity index (χ1v) is 10.1. The molecule has 0 spiro atoms. The van der Waals surface area contributed by atoms with Crippen LogP contribution in [0.1, 0.15) is 11.1 Å². The Labute approximate surface area is 183 Å². The van der Waals surface area contributed by atoms with E-state index < -0.39 is 17.8 Å². The van der Waals surface area contributed by atoms with Gasteiger partial charge in [-0.3, -0.25) is 20.2 Å². The first kappa shape index (κ1) is 19.5. The van der Waals surface area contributed by atoms with E-state index in [0.29, 0.717) is 17.9 Å². The minimum Gasteiger partial charge on any atom is -0.488 e. The molecule has 0 saturated carbocycles. The molecule has 1 heterocycles. The normalized spacial score (nSPS) is 13.8. The smallest absolute Gasteiger partial charge is 0.328 e. The van der Waals surface area contributed by atoms with Crippen LogP contribution in [0.5, 0.6) is 5.75 Å². The maximum absolute atomic E-state index is 12.3. The predicted octanol–water partition coefficient (Wildman–Crippen LogP) is 4.32. The second kappa shape index (κ2) is 8.00. The van der Waals surface area contributed by atoms with Crippen molar-refractivity contribution in [2.75, 3.05) is 0 Å². The molecule has 1 saturated heterocycles. The van der Waals surface area contributed by atoms with Crippen LogP contribution in [-0.4, -0.2) is 17.8 Å². The van der Waals surface area contributed by atoms with Crippen molar-refractivity contribution in [1.82, 2.24) is 10.6 Å². The molecule has 156 valence electrons. The maximum Gasteiger partial charge on any atom is 0.328 e. The maximum atomic E-state index is 12.3. The van der Waals surface area contributed by atoms with E-state index in [1.54, 1.807) is 0 Å². The van der Waals surface area contributed by atoms with Gasteiger partial charge in [-0.25, -0.2) is 4.79 Å². The first-order chi connectivity index (χ1) is 15.6. The summed E-state index contributed by atoms with van der Waals surface area (Å²) in [7, 11) is 0. The number of benzene rings is 4. The lowest BCUT2D eigenvalue weighted by Crippen LogP contribution is -2.51. The molecule has 1 aliphatic heterocycles. The number of carbonyl (C=O) groups excluding carboxylic acids is 3. The Hall–Kier alpha value is -4.45. The van der Waals surface area contributed by atoms with Crippen molar-refractivity contribution in [2.24, 2.45) is 0 Å².